The zero-order valence-corrected chi connectivity index (χ0v) is 15.9. The zero-order chi connectivity index (χ0) is 18.8. The third-order valence-electron chi connectivity index (χ3n) is 6.20. The first-order valence-corrected chi connectivity index (χ1v) is 9.97. The van der Waals surface area contributed by atoms with Crippen LogP contribution in [0.2, 0.25) is 0 Å². The fourth-order valence-corrected chi connectivity index (χ4v) is 4.92. The van der Waals surface area contributed by atoms with Gasteiger partial charge in [0, 0.05) is 37.8 Å². The molecule has 4 rings (SSSR count). The number of piperidine rings is 2. The Morgan fingerprint density at radius 3 is 2.52 bits per heavy atom. The molecule has 2 aromatic rings. The largest absolute Gasteiger partial charge is 0.310 e. The number of hydrogen-bond donors (Lipinski definition) is 0. The lowest BCUT2D eigenvalue weighted by molar-refractivity contribution is -0.117. The molecule has 0 bridgehead atoms. The van der Waals surface area contributed by atoms with Crippen molar-refractivity contribution in [3.63, 3.8) is 0 Å². The fourth-order valence-electron chi connectivity index (χ4n) is 4.92. The molecular weight excluding hydrogens is 339 g/mol. The topological polar surface area (TPSA) is 23.6 Å². The van der Waals surface area contributed by atoms with Gasteiger partial charge in [-0.25, -0.2) is 4.39 Å². The van der Waals surface area contributed by atoms with Gasteiger partial charge in [0.2, 0.25) is 5.91 Å². The van der Waals surface area contributed by atoms with Gasteiger partial charge in [0.1, 0.15) is 5.82 Å². The third-order valence-corrected chi connectivity index (χ3v) is 6.20. The van der Waals surface area contributed by atoms with Crippen LogP contribution in [-0.4, -0.2) is 36.0 Å². The minimum absolute atomic E-state index is 0.0809. The van der Waals surface area contributed by atoms with Gasteiger partial charge in [-0.2, -0.15) is 0 Å². The Kier molecular flexibility index (Phi) is 5.26. The zero-order valence-electron chi connectivity index (χ0n) is 15.9. The van der Waals surface area contributed by atoms with Crippen molar-refractivity contribution >= 4 is 11.6 Å². The Morgan fingerprint density at radius 1 is 1.04 bits per heavy atom. The summed E-state index contributed by atoms with van der Waals surface area (Å²) in [5.74, 6) is 0.305. The third kappa shape index (κ3) is 3.77. The molecule has 0 N–H and O–H groups in total. The average Bonchev–Trinajstić information content (AvgIpc) is 2.69. The molecule has 2 aliphatic heterocycles. The molecular formula is C23H27FN2O. The van der Waals surface area contributed by atoms with Gasteiger partial charge in [-0.3, -0.25) is 9.69 Å². The lowest BCUT2D eigenvalue weighted by Crippen LogP contribution is -2.54. The summed E-state index contributed by atoms with van der Waals surface area (Å²) in [5.41, 5.74) is 1.84. The second-order valence-electron chi connectivity index (χ2n) is 7.85. The highest BCUT2D eigenvalue weighted by Gasteiger charge is 2.37. The van der Waals surface area contributed by atoms with E-state index < -0.39 is 0 Å². The molecule has 2 fully saturated rings. The molecule has 0 radical (unpaired) electrons. The highest BCUT2D eigenvalue weighted by atomic mass is 19.1. The number of fused-ring (bicyclic) bond motifs is 1. The number of rotatable bonds is 3. The van der Waals surface area contributed by atoms with Crippen LogP contribution in [0.4, 0.5) is 10.1 Å². The molecule has 0 spiro atoms. The highest BCUT2D eigenvalue weighted by Crippen LogP contribution is 2.37. The molecule has 1 amide bonds. The quantitative estimate of drug-likeness (QED) is 0.793. The first-order chi connectivity index (χ1) is 13.1. The molecule has 3 atom stereocenters. The molecule has 2 aliphatic rings. The van der Waals surface area contributed by atoms with Crippen molar-refractivity contribution in [2.45, 2.75) is 50.6 Å². The van der Waals surface area contributed by atoms with Crippen molar-refractivity contribution in [3.05, 3.63) is 66.0 Å². The molecule has 3 nitrogen and oxygen atoms in total. The fraction of sp³-hybridized carbons (Fsp3) is 0.435. The Labute approximate surface area is 160 Å². The minimum atomic E-state index is -0.0809. The number of carbonyl (C=O) groups excluding carboxylic acids is 1. The highest BCUT2D eigenvalue weighted by molar-refractivity contribution is 5.92. The Hall–Kier alpha value is -2.20. The van der Waals surface area contributed by atoms with Crippen LogP contribution in [0.3, 0.4) is 0 Å². The van der Waals surface area contributed by atoms with Crippen molar-refractivity contribution in [2.24, 2.45) is 0 Å². The Bertz CT molecular complexity index is 794. The standard InChI is InChI=1S/C23H27FN2O/c1-17(27)26(19-7-3-2-4-8-19)21-13-14-25-16-18(11-12-20(25)15-21)22-9-5-6-10-23(22)24/h2-10,18,20-21H,11-16H2,1H3/t18-,20+,21+/m1/s1. The Morgan fingerprint density at radius 2 is 1.78 bits per heavy atom. The monoisotopic (exact) mass is 366 g/mol. The maximum atomic E-state index is 14.2. The summed E-state index contributed by atoms with van der Waals surface area (Å²) in [5, 5.41) is 0. The van der Waals surface area contributed by atoms with Crippen LogP contribution in [0.1, 0.15) is 44.1 Å². The normalized spacial score (nSPS) is 25.6. The molecule has 0 unspecified atom stereocenters. The van der Waals surface area contributed by atoms with E-state index in [4.69, 9.17) is 0 Å². The lowest BCUT2D eigenvalue weighted by atomic mass is 9.82. The summed E-state index contributed by atoms with van der Waals surface area (Å²) < 4.78 is 14.2. The maximum absolute atomic E-state index is 14.2. The molecule has 0 aromatic heterocycles. The van der Waals surface area contributed by atoms with Gasteiger partial charge in [0.25, 0.3) is 0 Å². The van der Waals surface area contributed by atoms with Crippen LogP contribution in [-0.2, 0) is 4.79 Å². The summed E-state index contributed by atoms with van der Waals surface area (Å²) in [4.78, 5) is 16.8. The van der Waals surface area contributed by atoms with Gasteiger partial charge >= 0.3 is 0 Å². The molecule has 4 heteroatoms. The van der Waals surface area contributed by atoms with Crippen LogP contribution in [0.15, 0.2) is 54.6 Å². The van der Waals surface area contributed by atoms with Crippen molar-refractivity contribution < 1.29 is 9.18 Å². The van der Waals surface area contributed by atoms with Crippen LogP contribution in [0.5, 0.6) is 0 Å². The number of amides is 1. The second-order valence-corrected chi connectivity index (χ2v) is 7.85. The number of carbonyl (C=O) groups is 1. The van der Waals surface area contributed by atoms with Crippen molar-refractivity contribution in [3.8, 4) is 0 Å². The van der Waals surface area contributed by atoms with E-state index in [1.165, 1.54) is 0 Å². The number of hydrogen-bond acceptors (Lipinski definition) is 2. The van der Waals surface area contributed by atoms with Gasteiger partial charge in [0.05, 0.1) is 0 Å². The van der Waals surface area contributed by atoms with Gasteiger partial charge in [-0.15, -0.1) is 0 Å². The van der Waals surface area contributed by atoms with E-state index in [9.17, 15) is 9.18 Å². The number of anilines is 1. The molecule has 2 saturated heterocycles. The van der Waals surface area contributed by atoms with Gasteiger partial charge in [0.15, 0.2) is 0 Å². The van der Waals surface area contributed by atoms with E-state index >= 15 is 0 Å². The van der Waals surface area contributed by atoms with Gasteiger partial charge < -0.3 is 4.90 Å². The first-order valence-electron chi connectivity index (χ1n) is 9.97. The molecule has 0 saturated carbocycles. The summed E-state index contributed by atoms with van der Waals surface area (Å²) in [6.45, 7) is 3.55. The average molecular weight is 366 g/mol. The first kappa shape index (κ1) is 18.2. The second kappa shape index (κ2) is 7.81. The van der Waals surface area contributed by atoms with Crippen LogP contribution < -0.4 is 4.90 Å². The predicted molar refractivity (Wildman–Crippen MR) is 106 cm³/mol. The Balaban J connectivity index is 1.46. The SMILES string of the molecule is CC(=O)N(c1ccccc1)[C@H]1CCN2C[C@H](c3ccccc3F)CC[C@H]2C1. The summed E-state index contributed by atoms with van der Waals surface area (Å²) in [6, 6.07) is 17.9. The summed E-state index contributed by atoms with van der Waals surface area (Å²) in [7, 11) is 0. The van der Waals surface area contributed by atoms with E-state index in [0.717, 1.165) is 50.0 Å². The van der Waals surface area contributed by atoms with E-state index in [-0.39, 0.29) is 23.7 Å². The van der Waals surface area contributed by atoms with Crippen molar-refractivity contribution in [1.29, 1.82) is 0 Å². The maximum Gasteiger partial charge on any atom is 0.224 e. The number of benzene rings is 2. The van der Waals surface area contributed by atoms with E-state index in [1.807, 2.05) is 47.4 Å². The molecule has 0 aliphatic carbocycles. The van der Waals surface area contributed by atoms with Crippen LogP contribution in [0.25, 0.3) is 0 Å². The van der Waals surface area contributed by atoms with E-state index in [0.29, 0.717) is 6.04 Å². The predicted octanol–water partition coefficient (Wildman–Crippen LogP) is 4.59. The lowest BCUT2D eigenvalue weighted by Gasteiger charge is -2.47. The minimum Gasteiger partial charge on any atom is -0.310 e. The van der Waals surface area contributed by atoms with E-state index in [2.05, 4.69) is 4.90 Å². The van der Waals surface area contributed by atoms with Gasteiger partial charge in [-0.1, -0.05) is 36.4 Å². The van der Waals surface area contributed by atoms with Gasteiger partial charge in [-0.05, 0) is 55.4 Å². The van der Waals surface area contributed by atoms with E-state index in [1.54, 1.807) is 19.1 Å². The molecule has 142 valence electrons. The summed E-state index contributed by atoms with van der Waals surface area (Å²) >= 11 is 0. The molecule has 27 heavy (non-hydrogen) atoms. The summed E-state index contributed by atoms with van der Waals surface area (Å²) in [6.07, 6.45) is 4.05. The van der Waals surface area contributed by atoms with Crippen LogP contribution in [0, 0.1) is 5.82 Å². The smallest absolute Gasteiger partial charge is 0.224 e. The van der Waals surface area contributed by atoms with Crippen molar-refractivity contribution in [2.75, 3.05) is 18.0 Å². The number of nitrogens with zero attached hydrogens (tertiary/aromatic N) is 2. The molecule has 2 aromatic carbocycles. The number of para-hydroxylation sites is 1. The van der Waals surface area contributed by atoms with Crippen molar-refractivity contribution in [1.82, 2.24) is 4.90 Å². The van der Waals surface area contributed by atoms with Crippen LogP contribution >= 0.6 is 0 Å². The molecule has 2 heterocycles. The number of halogens is 1.